The molecule has 1 atom stereocenters. The number of carbonyl (C=O) groups excluding carboxylic acids is 2. The van der Waals surface area contributed by atoms with E-state index in [0.29, 0.717) is 23.7 Å². The molecule has 26 heavy (non-hydrogen) atoms. The monoisotopic (exact) mass is 386 g/mol. The van der Waals surface area contributed by atoms with Crippen LogP contribution in [0, 0.1) is 0 Å². The smallest absolute Gasteiger partial charge is 0.319 e. The molecule has 1 spiro atoms. The minimum Gasteiger partial charge on any atom is -0.319 e. The van der Waals surface area contributed by atoms with Crippen molar-refractivity contribution in [3.8, 4) is 0 Å². The topological polar surface area (TPSA) is 49.4 Å². The van der Waals surface area contributed by atoms with Crippen molar-refractivity contribution in [1.82, 2.24) is 10.2 Å². The van der Waals surface area contributed by atoms with Gasteiger partial charge in [0.05, 0.1) is 0 Å². The van der Waals surface area contributed by atoms with Gasteiger partial charge in [0, 0.05) is 22.2 Å². The standard InChI is InChI=1S/C20H19ClN2O2S/c21-15-7-9-16(10-8-15)26-13-12-23-18(24)20(22-19(23)25)11-3-5-14-4-1-2-6-17(14)20/h1-2,4,6-10H,3,5,11-13H2,(H,22,25). The zero-order valence-corrected chi connectivity index (χ0v) is 15.8. The SMILES string of the molecule is O=C1NC2(CCCc3ccccc32)C(=O)N1CCSc1ccc(Cl)cc1. The number of benzene rings is 2. The number of hydrogen-bond donors (Lipinski definition) is 1. The van der Waals surface area contributed by atoms with Crippen LogP contribution in [0.15, 0.2) is 53.4 Å². The number of rotatable bonds is 4. The number of fused-ring (bicyclic) bond motifs is 2. The van der Waals surface area contributed by atoms with Crippen molar-refractivity contribution in [3.63, 3.8) is 0 Å². The van der Waals surface area contributed by atoms with Crippen molar-refractivity contribution >= 4 is 35.3 Å². The van der Waals surface area contributed by atoms with Crippen LogP contribution in [-0.2, 0) is 16.8 Å². The molecule has 0 saturated carbocycles. The second kappa shape index (κ2) is 6.97. The van der Waals surface area contributed by atoms with Gasteiger partial charge in [-0.15, -0.1) is 11.8 Å². The highest BCUT2D eigenvalue weighted by atomic mass is 35.5. The van der Waals surface area contributed by atoms with Crippen LogP contribution in [0.3, 0.4) is 0 Å². The Labute approximate surface area is 161 Å². The molecule has 1 aliphatic carbocycles. The molecule has 2 aromatic carbocycles. The number of hydrogen-bond acceptors (Lipinski definition) is 3. The highest BCUT2D eigenvalue weighted by molar-refractivity contribution is 7.99. The zero-order valence-electron chi connectivity index (χ0n) is 14.2. The molecule has 6 heteroatoms. The van der Waals surface area contributed by atoms with Gasteiger partial charge in [-0.05, 0) is 54.7 Å². The predicted octanol–water partition coefficient (Wildman–Crippen LogP) is 4.22. The Morgan fingerprint density at radius 2 is 1.88 bits per heavy atom. The lowest BCUT2D eigenvalue weighted by molar-refractivity contribution is -0.132. The Bertz CT molecular complexity index is 855. The Morgan fingerprint density at radius 1 is 1.12 bits per heavy atom. The Balaban J connectivity index is 1.49. The van der Waals surface area contributed by atoms with Crippen LogP contribution in [0.25, 0.3) is 0 Å². The molecule has 2 aliphatic rings. The van der Waals surface area contributed by atoms with Gasteiger partial charge in [-0.2, -0.15) is 0 Å². The Hall–Kier alpha value is -1.98. The minimum atomic E-state index is -0.878. The quantitative estimate of drug-likeness (QED) is 0.632. The molecule has 1 fully saturated rings. The first-order valence-electron chi connectivity index (χ1n) is 8.71. The normalized spacial score (nSPS) is 21.8. The third kappa shape index (κ3) is 2.99. The van der Waals surface area contributed by atoms with E-state index in [2.05, 4.69) is 11.4 Å². The molecule has 1 saturated heterocycles. The molecule has 1 N–H and O–H groups in total. The van der Waals surface area contributed by atoms with Crippen LogP contribution < -0.4 is 5.32 Å². The summed E-state index contributed by atoms with van der Waals surface area (Å²) in [5.41, 5.74) is 1.24. The van der Waals surface area contributed by atoms with E-state index in [4.69, 9.17) is 11.6 Å². The number of aryl methyl sites for hydroxylation is 1. The van der Waals surface area contributed by atoms with Crippen LogP contribution in [0.4, 0.5) is 4.79 Å². The van der Waals surface area contributed by atoms with E-state index in [1.165, 1.54) is 4.90 Å². The fourth-order valence-electron chi connectivity index (χ4n) is 3.80. The molecule has 134 valence electrons. The van der Waals surface area contributed by atoms with Crippen molar-refractivity contribution in [1.29, 1.82) is 0 Å². The lowest BCUT2D eigenvalue weighted by Gasteiger charge is -2.33. The average Bonchev–Trinajstić information content (AvgIpc) is 2.88. The van der Waals surface area contributed by atoms with Gasteiger partial charge in [0.2, 0.25) is 0 Å². The van der Waals surface area contributed by atoms with Crippen molar-refractivity contribution in [3.05, 3.63) is 64.7 Å². The molecule has 0 bridgehead atoms. The predicted molar refractivity (Wildman–Crippen MR) is 103 cm³/mol. The number of nitrogens with zero attached hydrogens (tertiary/aromatic N) is 1. The summed E-state index contributed by atoms with van der Waals surface area (Å²) < 4.78 is 0. The van der Waals surface area contributed by atoms with E-state index in [9.17, 15) is 9.59 Å². The summed E-state index contributed by atoms with van der Waals surface area (Å²) in [6, 6.07) is 15.2. The number of imide groups is 1. The molecule has 0 radical (unpaired) electrons. The number of halogens is 1. The maximum absolute atomic E-state index is 13.2. The molecule has 3 amide bonds. The lowest BCUT2D eigenvalue weighted by Crippen LogP contribution is -2.46. The molecule has 4 rings (SSSR count). The van der Waals surface area contributed by atoms with E-state index >= 15 is 0 Å². The molecule has 0 aromatic heterocycles. The van der Waals surface area contributed by atoms with Crippen molar-refractivity contribution in [2.45, 2.75) is 29.7 Å². The highest BCUT2D eigenvalue weighted by Gasteiger charge is 2.53. The Kier molecular flexibility index (Phi) is 4.67. The van der Waals surface area contributed by atoms with E-state index in [1.807, 2.05) is 42.5 Å². The first-order chi connectivity index (χ1) is 12.6. The number of amides is 3. The van der Waals surface area contributed by atoms with Crippen LogP contribution >= 0.6 is 23.4 Å². The molecule has 2 aromatic rings. The van der Waals surface area contributed by atoms with Crippen LogP contribution in [0.2, 0.25) is 5.02 Å². The van der Waals surface area contributed by atoms with Gasteiger partial charge in [-0.25, -0.2) is 4.79 Å². The number of nitrogens with one attached hydrogen (secondary N) is 1. The van der Waals surface area contributed by atoms with Gasteiger partial charge in [-0.1, -0.05) is 35.9 Å². The third-order valence-electron chi connectivity index (χ3n) is 5.05. The van der Waals surface area contributed by atoms with Gasteiger partial charge in [-0.3, -0.25) is 9.69 Å². The van der Waals surface area contributed by atoms with E-state index in [-0.39, 0.29) is 11.9 Å². The molecule has 1 unspecified atom stereocenters. The summed E-state index contributed by atoms with van der Waals surface area (Å²) in [4.78, 5) is 28.1. The molecule has 4 nitrogen and oxygen atoms in total. The highest BCUT2D eigenvalue weighted by Crippen LogP contribution is 2.40. The summed E-state index contributed by atoms with van der Waals surface area (Å²) in [5.74, 6) is 0.532. The first kappa shape index (κ1) is 17.4. The second-order valence-corrected chi connectivity index (χ2v) is 8.21. The number of urea groups is 1. The van der Waals surface area contributed by atoms with Gasteiger partial charge in [0.25, 0.3) is 5.91 Å². The van der Waals surface area contributed by atoms with Gasteiger partial charge >= 0.3 is 6.03 Å². The molecular formula is C20H19ClN2O2S. The third-order valence-corrected chi connectivity index (χ3v) is 6.29. The minimum absolute atomic E-state index is 0.119. The van der Waals surface area contributed by atoms with Crippen LogP contribution in [0.1, 0.15) is 24.0 Å². The fraction of sp³-hybridized carbons (Fsp3) is 0.300. The zero-order chi connectivity index (χ0) is 18.1. The summed E-state index contributed by atoms with van der Waals surface area (Å²) in [7, 11) is 0. The molecule has 1 heterocycles. The maximum atomic E-state index is 13.2. The van der Waals surface area contributed by atoms with Crippen molar-refractivity contribution < 1.29 is 9.59 Å². The summed E-state index contributed by atoms with van der Waals surface area (Å²) >= 11 is 7.50. The van der Waals surface area contributed by atoms with Crippen LogP contribution in [-0.4, -0.2) is 29.1 Å². The number of carbonyl (C=O) groups is 2. The van der Waals surface area contributed by atoms with Crippen molar-refractivity contribution in [2.24, 2.45) is 0 Å². The van der Waals surface area contributed by atoms with E-state index in [1.54, 1.807) is 11.8 Å². The van der Waals surface area contributed by atoms with Crippen molar-refractivity contribution in [2.75, 3.05) is 12.3 Å². The molecular weight excluding hydrogens is 368 g/mol. The summed E-state index contributed by atoms with van der Waals surface area (Å²) in [6.45, 7) is 0.391. The van der Waals surface area contributed by atoms with Gasteiger partial charge in [0.1, 0.15) is 5.54 Å². The van der Waals surface area contributed by atoms with Crippen LogP contribution in [0.5, 0.6) is 0 Å². The second-order valence-electron chi connectivity index (χ2n) is 6.61. The van der Waals surface area contributed by atoms with E-state index < -0.39 is 5.54 Å². The largest absolute Gasteiger partial charge is 0.325 e. The fourth-order valence-corrected chi connectivity index (χ4v) is 4.76. The average molecular weight is 387 g/mol. The van der Waals surface area contributed by atoms with E-state index in [0.717, 1.165) is 28.9 Å². The maximum Gasteiger partial charge on any atom is 0.325 e. The first-order valence-corrected chi connectivity index (χ1v) is 10.1. The number of thioether (sulfide) groups is 1. The Morgan fingerprint density at radius 3 is 2.69 bits per heavy atom. The summed E-state index contributed by atoms with van der Waals surface area (Å²) in [5, 5.41) is 3.69. The summed E-state index contributed by atoms with van der Waals surface area (Å²) in [6.07, 6.45) is 2.51. The van der Waals surface area contributed by atoms with Gasteiger partial charge < -0.3 is 5.32 Å². The molecule has 1 aliphatic heterocycles. The van der Waals surface area contributed by atoms with Gasteiger partial charge in [0.15, 0.2) is 0 Å². The lowest BCUT2D eigenvalue weighted by atomic mass is 9.76.